The average Bonchev–Trinajstić information content (AvgIpc) is 3.45. The highest BCUT2D eigenvalue weighted by Crippen LogP contribution is 2.39. The van der Waals surface area contributed by atoms with E-state index < -0.39 is 0 Å². The van der Waals surface area contributed by atoms with Crippen molar-refractivity contribution < 1.29 is 9.13 Å². The number of nitrogens with one attached hydrogen (secondary N) is 1. The molecule has 2 aromatic heterocycles. The standard InChI is InChI=1S/C25H28FN5OS/c26-19-7-1-2-9-21(19)30-13-5-10-22(30)24-23(20-8-3-4-11-27-20)28-25(33)31(24)14-6-12-29-15-17-32-18-16-29/h1-5,7-11,13,23-24H,6,12,14-18H2,(H,28,33)/t23-,24-/m1/s1. The Balaban J connectivity index is 1.45. The van der Waals surface area contributed by atoms with Crippen LogP contribution in [0.5, 0.6) is 0 Å². The molecule has 0 saturated carbocycles. The Bertz CT molecular complexity index is 1090. The number of hydrogen-bond donors (Lipinski definition) is 1. The van der Waals surface area contributed by atoms with E-state index in [2.05, 4.69) is 26.2 Å². The number of thiocarbonyl (C=S) groups is 1. The van der Waals surface area contributed by atoms with Gasteiger partial charge in [0, 0.05) is 44.3 Å². The second kappa shape index (κ2) is 9.99. The fourth-order valence-electron chi connectivity index (χ4n) is 4.76. The van der Waals surface area contributed by atoms with Gasteiger partial charge in [-0.3, -0.25) is 9.88 Å². The van der Waals surface area contributed by atoms with E-state index >= 15 is 0 Å². The maximum absolute atomic E-state index is 14.7. The normalized spacial score (nSPS) is 21.4. The van der Waals surface area contributed by atoms with E-state index in [0.717, 1.165) is 57.2 Å². The Morgan fingerprint density at radius 2 is 1.85 bits per heavy atom. The third-order valence-corrected chi connectivity index (χ3v) is 6.72. The summed E-state index contributed by atoms with van der Waals surface area (Å²) in [5, 5.41) is 4.20. The number of halogens is 1. The monoisotopic (exact) mass is 465 g/mol. The van der Waals surface area contributed by atoms with E-state index in [0.29, 0.717) is 10.8 Å². The number of nitrogens with zero attached hydrogens (tertiary/aromatic N) is 4. The summed E-state index contributed by atoms with van der Waals surface area (Å²) < 4.78 is 22.1. The van der Waals surface area contributed by atoms with Gasteiger partial charge in [0.1, 0.15) is 5.82 Å². The maximum Gasteiger partial charge on any atom is 0.170 e. The third-order valence-electron chi connectivity index (χ3n) is 6.37. The molecule has 5 rings (SSSR count). The van der Waals surface area contributed by atoms with Crippen LogP contribution in [0.15, 0.2) is 67.0 Å². The molecular formula is C25H28FN5OS. The summed E-state index contributed by atoms with van der Waals surface area (Å²) in [5.41, 5.74) is 2.43. The van der Waals surface area contributed by atoms with Crippen molar-refractivity contribution in [2.24, 2.45) is 0 Å². The molecule has 33 heavy (non-hydrogen) atoms. The van der Waals surface area contributed by atoms with Gasteiger partial charge in [0.05, 0.1) is 36.7 Å². The summed E-state index contributed by atoms with van der Waals surface area (Å²) >= 11 is 5.79. The molecule has 2 fully saturated rings. The Labute approximate surface area is 199 Å². The van der Waals surface area contributed by atoms with Crippen molar-refractivity contribution in [1.29, 1.82) is 0 Å². The first-order chi connectivity index (χ1) is 16.2. The number of aromatic nitrogens is 2. The molecule has 0 bridgehead atoms. The number of pyridine rings is 1. The lowest BCUT2D eigenvalue weighted by molar-refractivity contribution is 0.0365. The zero-order valence-electron chi connectivity index (χ0n) is 18.4. The molecule has 0 amide bonds. The fourth-order valence-corrected chi connectivity index (χ4v) is 5.09. The Hall–Kier alpha value is -2.81. The molecule has 2 aliphatic heterocycles. The molecule has 2 atom stereocenters. The third kappa shape index (κ3) is 4.64. The van der Waals surface area contributed by atoms with E-state index in [1.165, 1.54) is 6.07 Å². The van der Waals surface area contributed by atoms with E-state index in [4.69, 9.17) is 17.0 Å². The zero-order chi connectivity index (χ0) is 22.6. The molecule has 0 spiro atoms. The molecule has 2 saturated heterocycles. The molecule has 1 aromatic carbocycles. The lowest BCUT2D eigenvalue weighted by Crippen LogP contribution is -2.39. The van der Waals surface area contributed by atoms with Gasteiger partial charge in [-0.25, -0.2) is 4.39 Å². The van der Waals surface area contributed by atoms with Crippen molar-refractivity contribution in [3.63, 3.8) is 0 Å². The molecule has 2 aliphatic rings. The SMILES string of the molecule is Fc1ccccc1-n1cccc1[C@@H]1[C@@H](c2ccccn2)NC(=S)N1CCCN1CCOCC1. The van der Waals surface area contributed by atoms with E-state index in [1.807, 2.05) is 41.1 Å². The summed E-state index contributed by atoms with van der Waals surface area (Å²) in [6.07, 6.45) is 4.69. The average molecular weight is 466 g/mol. The van der Waals surface area contributed by atoms with E-state index in [-0.39, 0.29) is 17.9 Å². The van der Waals surface area contributed by atoms with Crippen LogP contribution >= 0.6 is 12.2 Å². The van der Waals surface area contributed by atoms with Crippen LogP contribution in [0.1, 0.15) is 29.9 Å². The summed E-state index contributed by atoms with van der Waals surface area (Å²) in [4.78, 5) is 9.28. The Morgan fingerprint density at radius 1 is 1.03 bits per heavy atom. The molecule has 0 aliphatic carbocycles. The molecule has 172 valence electrons. The first-order valence-electron chi connectivity index (χ1n) is 11.4. The molecule has 0 unspecified atom stereocenters. The van der Waals surface area contributed by atoms with Gasteiger partial charge in [-0.2, -0.15) is 0 Å². The highest BCUT2D eigenvalue weighted by molar-refractivity contribution is 7.80. The minimum Gasteiger partial charge on any atom is -0.379 e. The van der Waals surface area contributed by atoms with Crippen molar-refractivity contribution in [1.82, 2.24) is 24.7 Å². The molecule has 1 N–H and O–H groups in total. The van der Waals surface area contributed by atoms with Crippen LogP contribution in [0.2, 0.25) is 0 Å². The molecule has 8 heteroatoms. The molecule has 0 radical (unpaired) electrons. The smallest absolute Gasteiger partial charge is 0.170 e. The number of hydrogen-bond acceptors (Lipinski definition) is 4. The topological polar surface area (TPSA) is 45.6 Å². The number of para-hydroxylation sites is 1. The Kier molecular flexibility index (Phi) is 6.66. The molecular weight excluding hydrogens is 437 g/mol. The first kappa shape index (κ1) is 22.0. The highest BCUT2D eigenvalue weighted by Gasteiger charge is 2.41. The summed E-state index contributed by atoms with van der Waals surface area (Å²) in [7, 11) is 0. The molecule has 4 heterocycles. The molecule has 3 aromatic rings. The summed E-state index contributed by atoms with van der Waals surface area (Å²) in [5.74, 6) is -0.253. The van der Waals surface area contributed by atoms with Crippen LogP contribution in [0.25, 0.3) is 5.69 Å². The summed E-state index contributed by atoms with van der Waals surface area (Å²) in [6, 6.07) is 16.6. The van der Waals surface area contributed by atoms with Gasteiger partial charge in [0.2, 0.25) is 0 Å². The van der Waals surface area contributed by atoms with Crippen molar-refractivity contribution in [3.05, 3.63) is 84.2 Å². The fraction of sp³-hybridized carbons (Fsp3) is 0.360. The minimum absolute atomic E-state index is 0.105. The van der Waals surface area contributed by atoms with Crippen molar-refractivity contribution in [2.75, 3.05) is 39.4 Å². The summed E-state index contributed by atoms with van der Waals surface area (Å²) in [6.45, 7) is 5.34. The largest absolute Gasteiger partial charge is 0.379 e. The first-order valence-corrected chi connectivity index (χ1v) is 11.8. The number of morpholine rings is 1. The van der Waals surface area contributed by atoms with E-state index in [1.54, 1.807) is 18.3 Å². The van der Waals surface area contributed by atoms with Crippen LogP contribution in [-0.2, 0) is 4.74 Å². The van der Waals surface area contributed by atoms with Gasteiger partial charge in [-0.15, -0.1) is 0 Å². The van der Waals surface area contributed by atoms with Crippen molar-refractivity contribution in [2.45, 2.75) is 18.5 Å². The van der Waals surface area contributed by atoms with Gasteiger partial charge < -0.3 is 19.5 Å². The molecule has 6 nitrogen and oxygen atoms in total. The predicted molar refractivity (Wildman–Crippen MR) is 130 cm³/mol. The van der Waals surface area contributed by atoms with Gasteiger partial charge in [-0.05, 0) is 55.0 Å². The second-order valence-electron chi connectivity index (χ2n) is 8.38. The zero-order valence-corrected chi connectivity index (χ0v) is 19.3. The highest BCUT2D eigenvalue weighted by atomic mass is 32.1. The van der Waals surface area contributed by atoms with Crippen molar-refractivity contribution >= 4 is 17.3 Å². The van der Waals surface area contributed by atoms with Crippen LogP contribution < -0.4 is 5.32 Å². The van der Waals surface area contributed by atoms with Gasteiger partial charge in [0.15, 0.2) is 5.11 Å². The number of ether oxygens (including phenoxy) is 1. The van der Waals surface area contributed by atoms with Gasteiger partial charge in [0.25, 0.3) is 0 Å². The van der Waals surface area contributed by atoms with Crippen LogP contribution in [0, 0.1) is 5.82 Å². The van der Waals surface area contributed by atoms with E-state index in [9.17, 15) is 4.39 Å². The van der Waals surface area contributed by atoms with Crippen molar-refractivity contribution in [3.8, 4) is 5.69 Å². The lowest BCUT2D eigenvalue weighted by atomic mass is 10.0. The minimum atomic E-state index is -0.253. The van der Waals surface area contributed by atoms with Crippen LogP contribution in [0.4, 0.5) is 4.39 Å². The van der Waals surface area contributed by atoms with Gasteiger partial charge >= 0.3 is 0 Å². The quantitative estimate of drug-likeness (QED) is 0.537. The second-order valence-corrected chi connectivity index (χ2v) is 8.77. The van der Waals surface area contributed by atoms with Crippen LogP contribution in [0.3, 0.4) is 0 Å². The van der Waals surface area contributed by atoms with Gasteiger partial charge in [-0.1, -0.05) is 18.2 Å². The Morgan fingerprint density at radius 3 is 2.64 bits per heavy atom. The number of rotatable bonds is 7. The van der Waals surface area contributed by atoms with Crippen LogP contribution in [-0.4, -0.2) is 63.9 Å². The predicted octanol–water partition coefficient (Wildman–Crippen LogP) is 3.71. The maximum atomic E-state index is 14.7. The lowest BCUT2D eigenvalue weighted by Gasteiger charge is -2.31. The number of benzene rings is 1.